The van der Waals surface area contributed by atoms with Gasteiger partial charge < -0.3 is 9.80 Å². The average Bonchev–Trinajstić information content (AvgIpc) is 2.27. The van der Waals surface area contributed by atoms with Crippen molar-refractivity contribution in [2.75, 3.05) is 34.2 Å². The Hall–Kier alpha value is -0.870. The number of hydrogen-bond acceptors (Lipinski definition) is 2. The molecule has 1 aromatic carbocycles. The summed E-state index contributed by atoms with van der Waals surface area (Å²) < 4.78 is 0.935. The van der Waals surface area contributed by atoms with E-state index in [-0.39, 0.29) is 5.91 Å². The van der Waals surface area contributed by atoms with E-state index in [9.17, 15) is 4.79 Å². The van der Waals surface area contributed by atoms with Gasteiger partial charge in [0.15, 0.2) is 0 Å². The lowest BCUT2D eigenvalue weighted by molar-refractivity contribution is 0.0790. The first-order valence-electron chi connectivity index (χ1n) is 5.66. The Morgan fingerprint density at radius 2 is 1.94 bits per heavy atom. The van der Waals surface area contributed by atoms with Crippen LogP contribution in [0.15, 0.2) is 28.7 Å². The number of hydrogen-bond donors (Lipinski definition) is 0. The van der Waals surface area contributed by atoms with Gasteiger partial charge in [0.05, 0.1) is 0 Å². The Kier molecular flexibility index (Phi) is 5.65. The molecule has 1 aromatic rings. The highest BCUT2D eigenvalue weighted by Crippen LogP contribution is 2.13. The molecule has 3 nitrogen and oxygen atoms in total. The molecule has 94 valence electrons. The van der Waals surface area contributed by atoms with Gasteiger partial charge in [-0.05, 0) is 45.3 Å². The Bertz CT molecular complexity index is 379. The zero-order chi connectivity index (χ0) is 12.8. The zero-order valence-electron chi connectivity index (χ0n) is 10.6. The average molecular weight is 299 g/mol. The van der Waals surface area contributed by atoms with Crippen LogP contribution in [0.5, 0.6) is 0 Å². The fourth-order valence-electron chi connectivity index (χ4n) is 1.57. The van der Waals surface area contributed by atoms with E-state index in [1.54, 1.807) is 4.90 Å². The van der Waals surface area contributed by atoms with Crippen LogP contribution in [0.25, 0.3) is 0 Å². The van der Waals surface area contributed by atoms with Crippen molar-refractivity contribution in [3.63, 3.8) is 0 Å². The molecule has 0 radical (unpaired) electrons. The van der Waals surface area contributed by atoms with Crippen LogP contribution in [0.3, 0.4) is 0 Å². The largest absolute Gasteiger partial charge is 0.342 e. The van der Waals surface area contributed by atoms with Gasteiger partial charge in [-0.1, -0.05) is 22.0 Å². The summed E-state index contributed by atoms with van der Waals surface area (Å²) in [7, 11) is 5.92. The second kappa shape index (κ2) is 6.77. The summed E-state index contributed by atoms with van der Waals surface area (Å²) in [5.74, 6) is 0.0741. The van der Waals surface area contributed by atoms with Gasteiger partial charge in [-0.2, -0.15) is 0 Å². The molecule has 0 saturated heterocycles. The molecule has 0 N–H and O–H groups in total. The second-order valence-electron chi connectivity index (χ2n) is 4.39. The molecule has 0 atom stereocenters. The van der Waals surface area contributed by atoms with Crippen molar-refractivity contribution >= 4 is 21.8 Å². The van der Waals surface area contributed by atoms with Gasteiger partial charge in [0.1, 0.15) is 0 Å². The number of nitrogens with zero attached hydrogens (tertiary/aromatic N) is 2. The molecule has 0 aliphatic rings. The summed E-state index contributed by atoms with van der Waals surface area (Å²) in [4.78, 5) is 16.0. The molecule has 0 unspecified atom stereocenters. The van der Waals surface area contributed by atoms with E-state index in [2.05, 4.69) is 20.8 Å². The summed E-state index contributed by atoms with van der Waals surface area (Å²) >= 11 is 3.37. The highest BCUT2D eigenvalue weighted by molar-refractivity contribution is 9.10. The second-order valence-corrected chi connectivity index (χ2v) is 5.31. The summed E-state index contributed by atoms with van der Waals surface area (Å²) in [6.45, 7) is 1.78. The number of halogens is 1. The van der Waals surface area contributed by atoms with Gasteiger partial charge in [-0.25, -0.2) is 0 Å². The number of rotatable bonds is 5. The first-order valence-corrected chi connectivity index (χ1v) is 6.46. The first kappa shape index (κ1) is 14.2. The van der Waals surface area contributed by atoms with Crippen molar-refractivity contribution in [2.24, 2.45) is 0 Å². The third kappa shape index (κ3) is 4.88. The minimum atomic E-state index is 0.0741. The van der Waals surface area contributed by atoms with Crippen LogP contribution in [-0.4, -0.2) is 49.9 Å². The monoisotopic (exact) mass is 298 g/mol. The molecule has 0 aromatic heterocycles. The van der Waals surface area contributed by atoms with Crippen LogP contribution >= 0.6 is 15.9 Å². The third-order valence-corrected chi connectivity index (χ3v) is 3.01. The minimum Gasteiger partial charge on any atom is -0.342 e. The van der Waals surface area contributed by atoms with E-state index in [1.807, 2.05) is 45.4 Å². The topological polar surface area (TPSA) is 23.6 Å². The van der Waals surface area contributed by atoms with Crippen molar-refractivity contribution in [1.29, 1.82) is 0 Å². The van der Waals surface area contributed by atoms with Gasteiger partial charge >= 0.3 is 0 Å². The Morgan fingerprint density at radius 1 is 1.24 bits per heavy atom. The van der Waals surface area contributed by atoms with Gasteiger partial charge in [0.2, 0.25) is 0 Å². The molecule has 0 aliphatic carbocycles. The maximum Gasteiger partial charge on any atom is 0.253 e. The number of amides is 1. The Balaban J connectivity index is 2.52. The summed E-state index contributed by atoms with van der Waals surface area (Å²) in [6.07, 6.45) is 0.989. The summed E-state index contributed by atoms with van der Waals surface area (Å²) in [6, 6.07) is 7.49. The summed E-state index contributed by atoms with van der Waals surface area (Å²) in [5.41, 5.74) is 0.728. The predicted octanol–water partition coefficient (Wildman–Crippen LogP) is 2.47. The van der Waals surface area contributed by atoms with Crippen molar-refractivity contribution in [1.82, 2.24) is 9.80 Å². The van der Waals surface area contributed by atoms with Crippen LogP contribution in [-0.2, 0) is 0 Å². The molecule has 0 fully saturated rings. The molecule has 0 heterocycles. The SMILES string of the molecule is CN(C)CCCN(C)C(=O)c1cccc(Br)c1. The van der Waals surface area contributed by atoms with Gasteiger partial charge in [0.25, 0.3) is 5.91 Å². The molecule has 4 heteroatoms. The van der Waals surface area contributed by atoms with Crippen LogP contribution in [0.2, 0.25) is 0 Å². The third-order valence-electron chi connectivity index (χ3n) is 2.52. The van der Waals surface area contributed by atoms with Gasteiger partial charge in [0, 0.05) is 23.6 Å². The molecule has 1 amide bonds. The molecule has 0 spiro atoms. The molecule has 17 heavy (non-hydrogen) atoms. The lowest BCUT2D eigenvalue weighted by Gasteiger charge is -2.18. The maximum atomic E-state index is 12.1. The fourth-order valence-corrected chi connectivity index (χ4v) is 1.97. The van der Waals surface area contributed by atoms with E-state index in [1.165, 1.54) is 0 Å². The molecule has 0 aliphatic heterocycles. The fraction of sp³-hybridized carbons (Fsp3) is 0.462. The van der Waals surface area contributed by atoms with E-state index < -0.39 is 0 Å². The predicted molar refractivity (Wildman–Crippen MR) is 74.3 cm³/mol. The van der Waals surface area contributed by atoms with E-state index in [0.717, 1.165) is 29.5 Å². The van der Waals surface area contributed by atoms with Crippen LogP contribution in [0.1, 0.15) is 16.8 Å². The zero-order valence-corrected chi connectivity index (χ0v) is 12.2. The molecule has 0 bridgehead atoms. The van der Waals surface area contributed by atoms with Crippen LogP contribution in [0, 0.1) is 0 Å². The number of carbonyl (C=O) groups is 1. The first-order chi connectivity index (χ1) is 8.00. The van der Waals surface area contributed by atoms with Crippen LogP contribution < -0.4 is 0 Å². The van der Waals surface area contributed by atoms with Crippen molar-refractivity contribution < 1.29 is 4.79 Å². The van der Waals surface area contributed by atoms with E-state index in [0.29, 0.717) is 0 Å². The quantitative estimate of drug-likeness (QED) is 0.834. The summed E-state index contributed by atoms with van der Waals surface area (Å²) in [5, 5.41) is 0. The molecular formula is C13H19BrN2O. The minimum absolute atomic E-state index is 0.0741. The molecule has 0 saturated carbocycles. The van der Waals surface area contributed by atoms with Gasteiger partial charge in [-0.3, -0.25) is 4.79 Å². The van der Waals surface area contributed by atoms with Crippen LogP contribution in [0.4, 0.5) is 0 Å². The lowest BCUT2D eigenvalue weighted by atomic mass is 10.2. The smallest absolute Gasteiger partial charge is 0.253 e. The van der Waals surface area contributed by atoms with E-state index >= 15 is 0 Å². The number of carbonyl (C=O) groups excluding carboxylic acids is 1. The Morgan fingerprint density at radius 3 is 2.53 bits per heavy atom. The van der Waals surface area contributed by atoms with Crippen molar-refractivity contribution in [3.05, 3.63) is 34.3 Å². The molecular weight excluding hydrogens is 280 g/mol. The standard InChI is InChI=1S/C13H19BrN2O/c1-15(2)8-5-9-16(3)13(17)11-6-4-7-12(14)10-11/h4,6-7,10H,5,8-9H2,1-3H3. The highest BCUT2D eigenvalue weighted by Gasteiger charge is 2.11. The maximum absolute atomic E-state index is 12.1. The normalized spacial score (nSPS) is 10.6. The lowest BCUT2D eigenvalue weighted by Crippen LogP contribution is -2.29. The van der Waals surface area contributed by atoms with Gasteiger partial charge in [-0.15, -0.1) is 0 Å². The van der Waals surface area contributed by atoms with Crippen molar-refractivity contribution in [2.45, 2.75) is 6.42 Å². The highest BCUT2D eigenvalue weighted by atomic mass is 79.9. The Labute approximate surface area is 112 Å². The number of benzene rings is 1. The van der Waals surface area contributed by atoms with E-state index in [4.69, 9.17) is 0 Å². The van der Waals surface area contributed by atoms with Crippen molar-refractivity contribution in [3.8, 4) is 0 Å². The molecule has 1 rings (SSSR count).